The minimum atomic E-state index is -1.30. The van der Waals surface area contributed by atoms with Gasteiger partial charge in [-0.3, -0.25) is 14.7 Å². The first kappa shape index (κ1) is 29.9. The average Bonchev–Trinajstić information content (AvgIpc) is 3.40. The molecule has 2 aliphatic rings. The Kier molecular flexibility index (Phi) is 7.83. The summed E-state index contributed by atoms with van der Waals surface area (Å²) >= 11 is 0. The van der Waals surface area contributed by atoms with Gasteiger partial charge in [0.05, 0.1) is 17.8 Å². The number of amides is 4. The number of pyridine rings is 1. The number of anilines is 3. The molecule has 1 saturated carbocycles. The van der Waals surface area contributed by atoms with E-state index in [1.54, 1.807) is 19.9 Å². The van der Waals surface area contributed by atoms with Crippen molar-refractivity contribution in [1.29, 1.82) is 0 Å². The van der Waals surface area contributed by atoms with Crippen molar-refractivity contribution in [3.05, 3.63) is 66.4 Å². The van der Waals surface area contributed by atoms with Gasteiger partial charge in [0.25, 0.3) is 0 Å². The van der Waals surface area contributed by atoms with Crippen LogP contribution in [0, 0.1) is 17.6 Å². The normalized spacial score (nSPS) is 17.9. The molecule has 4 amide bonds. The Bertz CT molecular complexity index is 1770. The lowest BCUT2D eigenvalue weighted by atomic mass is 9.77. The zero-order valence-corrected chi connectivity index (χ0v) is 24.5. The van der Waals surface area contributed by atoms with Crippen molar-refractivity contribution >= 4 is 46.1 Å². The Hall–Kier alpha value is -5.11. The molecule has 1 aliphatic carbocycles. The number of carbonyl (C=O) groups excluding carboxylic acids is 3. The van der Waals surface area contributed by atoms with Crippen molar-refractivity contribution in [3.63, 3.8) is 0 Å². The predicted molar refractivity (Wildman–Crippen MR) is 161 cm³/mol. The van der Waals surface area contributed by atoms with Gasteiger partial charge in [0.15, 0.2) is 23.0 Å². The maximum Gasteiger partial charge on any atom is 0.331 e. The molecular formula is C31H31F2N7O5. The molecule has 0 radical (unpaired) electrons. The van der Waals surface area contributed by atoms with E-state index in [4.69, 9.17) is 4.74 Å². The summed E-state index contributed by atoms with van der Waals surface area (Å²) < 4.78 is 34.8. The number of hydrogen-bond donors (Lipinski definition) is 4. The lowest BCUT2D eigenvalue weighted by molar-refractivity contribution is -0.132. The number of nitrogens with one attached hydrogen (secondary N) is 3. The highest BCUT2D eigenvalue weighted by atomic mass is 19.1. The SMILES string of the molecule is CC(C)N1CC(C(=O)Nc2ccc(Oc3ccnc4[nH]nc(NC5(CO)CCC5)c34)c(F)c2)C(=O)N(c2ccc(F)cc2)C1=O. The highest BCUT2D eigenvalue weighted by Gasteiger charge is 2.44. The molecule has 4 N–H and O–H groups in total. The number of aromatic nitrogens is 3. The van der Waals surface area contributed by atoms with Crippen LogP contribution in [0.25, 0.3) is 11.0 Å². The second-order valence-corrected chi connectivity index (χ2v) is 11.5. The molecule has 2 aromatic heterocycles. The summed E-state index contributed by atoms with van der Waals surface area (Å²) in [6.45, 7) is 3.24. The second-order valence-electron chi connectivity index (χ2n) is 11.5. The lowest BCUT2D eigenvalue weighted by Crippen LogP contribution is -2.61. The van der Waals surface area contributed by atoms with E-state index in [1.165, 1.54) is 35.4 Å². The van der Waals surface area contributed by atoms with Gasteiger partial charge in [-0.05, 0) is 69.5 Å². The monoisotopic (exact) mass is 619 g/mol. The largest absolute Gasteiger partial charge is 0.453 e. The van der Waals surface area contributed by atoms with E-state index in [-0.39, 0.29) is 42.1 Å². The van der Waals surface area contributed by atoms with Gasteiger partial charge in [0.1, 0.15) is 22.9 Å². The summed E-state index contributed by atoms with van der Waals surface area (Å²) in [7, 11) is 0. The number of nitrogens with zero attached hydrogens (tertiary/aromatic N) is 4. The summed E-state index contributed by atoms with van der Waals surface area (Å²) in [5.41, 5.74) is 0.115. The van der Waals surface area contributed by atoms with E-state index in [0.29, 0.717) is 16.9 Å². The van der Waals surface area contributed by atoms with Crippen LogP contribution in [0.1, 0.15) is 33.1 Å². The van der Waals surface area contributed by atoms with Gasteiger partial charge in [-0.1, -0.05) is 0 Å². The molecule has 1 atom stereocenters. The van der Waals surface area contributed by atoms with Crippen LogP contribution in [0.2, 0.25) is 0 Å². The standard InChI is InChI=1S/C31H31F2N7O5/c1-17(2)39-15-21(29(43)40(30(39)44)20-7-4-18(32)5-8-20)28(42)35-19-6-9-23(22(33)14-19)45-24-10-13-34-26-25(24)27(38-37-26)36-31(16-41)11-3-12-31/h4-10,13-14,17,21,41H,3,11-12,15-16H2,1-2H3,(H,35,42)(H2,34,36,37,38). The number of fused-ring (bicyclic) bond motifs is 1. The first-order valence-corrected chi connectivity index (χ1v) is 14.5. The number of carbonyl (C=O) groups is 3. The number of H-pyrrole nitrogens is 1. The Labute approximate surface area is 256 Å². The fraction of sp³-hybridized carbons (Fsp3) is 0.323. The lowest BCUT2D eigenvalue weighted by Gasteiger charge is -2.41. The molecule has 0 spiro atoms. The van der Waals surface area contributed by atoms with Crippen LogP contribution in [0.15, 0.2) is 54.7 Å². The second kappa shape index (κ2) is 11.8. The summed E-state index contributed by atoms with van der Waals surface area (Å²) in [5, 5.41) is 23.3. The molecule has 45 heavy (non-hydrogen) atoms. The smallest absolute Gasteiger partial charge is 0.331 e. The number of hydrogen-bond acceptors (Lipinski definition) is 8. The summed E-state index contributed by atoms with van der Waals surface area (Å²) in [6.07, 6.45) is 4.01. The Balaban J connectivity index is 1.21. The number of urea groups is 1. The number of benzene rings is 2. The number of aliphatic hydroxyl groups is 1. The summed E-state index contributed by atoms with van der Waals surface area (Å²) in [6, 6.07) is 9.23. The quantitative estimate of drug-likeness (QED) is 0.195. The van der Waals surface area contributed by atoms with Crippen molar-refractivity contribution in [3.8, 4) is 11.5 Å². The molecule has 1 unspecified atom stereocenters. The Morgan fingerprint density at radius 3 is 2.53 bits per heavy atom. The molecule has 1 saturated heterocycles. The predicted octanol–water partition coefficient (Wildman–Crippen LogP) is 4.79. The van der Waals surface area contributed by atoms with Gasteiger partial charge < -0.3 is 25.4 Å². The minimum absolute atomic E-state index is 0.0673. The van der Waals surface area contributed by atoms with Gasteiger partial charge in [0.2, 0.25) is 11.8 Å². The molecule has 6 rings (SSSR count). The Morgan fingerprint density at radius 2 is 1.89 bits per heavy atom. The molecule has 14 heteroatoms. The average molecular weight is 620 g/mol. The van der Waals surface area contributed by atoms with Gasteiger partial charge in [-0.2, -0.15) is 5.10 Å². The molecule has 2 fully saturated rings. The van der Waals surface area contributed by atoms with Crippen LogP contribution in [-0.4, -0.2) is 67.8 Å². The van der Waals surface area contributed by atoms with Crippen LogP contribution < -0.4 is 20.3 Å². The molecule has 4 aromatic rings. The number of aromatic amines is 1. The highest BCUT2D eigenvalue weighted by Crippen LogP contribution is 2.39. The zero-order valence-electron chi connectivity index (χ0n) is 24.5. The number of ether oxygens (including phenoxy) is 1. The van der Waals surface area contributed by atoms with Crippen LogP contribution in [0.4, 0.5) is 30.8 Å². The third-order valence-electron chi connectivity index (χ3n) is 8.20. The van der Waals surface area contributed by atoms with Crippen LogP contribution in [0.3, 0.4) is 0 Å². The third kappa shape index (κ3) is 5.64. The zero-order chi connectivity index (χ0) is 31.9. The maximum absolute atomic E-state index is 15.3. The van der Waals surface area contributed by atoms with Crippen molar-refractivity contribution < 1.29 is 33.0 Å². The number of rotatable bonds is 9. The highest BCUT2D eigenvalue weighted by molar-refractivity contribution is 6.23. The fourth-order valence-corrected chi connectivity index (χ4v) is 5.47. The molecule has 3 heterocycles. The number of halogens is 2. The molecule has 12 nitrogen and oxygen atoms in total. The third-order valence-corrected chi connectivity index (χ3v) is 8.20. The Morgan fingerprint density at radius 1 is 1.13 bits per heavy atom. The topological polar surface area (TPSA) is 153 Å². The van der Waals surface area contributed by atoms with Crippen LogP contribution in [-0.2, 0) is 9.59 Å². The van der Waals surface area contributed by atoms with E-state index in [2.05, 4.69) is 25.8 Å². The van der Waals surface area contributed by atoms with Crippen molar-refractivity contribution in [2.24, 2.45) is 5.92 Å². The van der Waals surface area contributed by atoms with Gasteiger partial charge in [-0.15, -0.1) is 0 Å². The molecule has 2 aromatic carbocycles. The number of imide groups is 1. The molecular weight excluding hydrogens is 588 g/mol. The van der Waals surface area contributed by atoms with E-state index >= 15 is 4.39 Å². The summed E-state index contributed by atoms with van der Waals surface area (Å²) in [5.74, 6) is -3.60. The van der Waals surface area contributed by atoms with Gasteiger partial charge in [-0.25, -0.2) is 23.5 Å². The molecule has 0 bridgehead atoms. The molecule has 234 valence electrons. The van der Waals surface area contributed by atoms with E-state index in [9.17, 15) is 23.9 Å². The van der Waals surface area contributed by atoms with Crippen molar-refractivity contribution in [2.45, 2.75) is 44.7 Å². The van der Waals surface area contributed by atoms with Gasteiger partial charge >= 0.3 is 6.03 Å². The maximum atomic E-state index is 15.3. The summed E-state index contributed by atoms with van der Waals surface area (Å²) in [4.78, 5) is 46.3. The van der Waals surface area contributed by atoms with Crippen LogP contribution in [0.5, 0.6) is 11.5 Å². The number of aliphatic hydroxyl groups excluding tert-OH is 1. The van der Waals surface area contributed by atoms with Crippen LogP contribution >= 0.6 is 0 Å². The van der Waals surface area contributed by atoms with Crippen molar-refractivity contribution in [1.82, 2.24) is 20.1 Å². The fourth-order valence-electron chi connectivity index (χ4n) is 5.47. The van der Waals surface area contributed by atoms with Gasteiger partial charge in [0, 0.05) is 36.6 Å². The first-order valence-electron chi connectivity index (χ1n) is 14.5. The minimum Gasteiger partial charge on any atom is -0.453 e. The molecule has 1 aliphatic heterocycles. The first-order chi connectivity index (χ1) is 21.6. The van der Waals surface area contributed by atoms with E-state index in [1.807, 2.05) is 0 Å². The van der Waals surface area contributed by atoms with E-state index in [0.717, 1.165) is 42.4 Å². The van der Waals surface area contributed by atoms with E-state index < -0.39 is 40.9 Å². The van der Waals surface area contributed by atoms with Crippen molar-refractivity contribution in [2.75, 3.05) is 28.7 Å².